The Labute approximate surface area is 323 Å². The molecule has 2 aliphatic carbocycles. The van der Waals surface area contributed by atoms with Crippen LogP contribution in [0.3, 0.4) is 0 Å². The van der Waals surface area contributed by atoms with Crippen LogP contribution in [-0.2, 0) is 23.0 Å². The van der Waals surface area contributed by atoms with Crippen molar-refractivity contribution in [3.05, 3.63) is 145 Å². The minimum Gasteiger partial charge on any atom is -0.282 e. The van der Waals surface area contributed by atoms with Gasteiger partial charge in [0, 0.05) is 45.1 Å². The predicted molar refractivity (Wildman–Crippen MR) is 205 cm³/mol. The third-order valence-electron chi connectivity index (χ3n) is 9.39. The molecule has 8 rings (SSSR count). The van der Waals surface area contributed by atoms with E-state index in [1.807, 2.05) is 24.3 Å². The van der Waals surface area contributed by atoms with Crippen LogP contribution in [0.4, 0.5) is 8.78 Å². The van der Waals surface area contributed by atoms with Gasteiger partial charge in [0.2, 0.25) is 0 Å². The summed E-state index contributed by atoms with van der Waals surface area (Å²) < 4.78 is 68.7. The molecule has 0 amide bonds. The standard InChI is InChI=1S/C39H26Cl4F2N4O3S/c40-23-11-14-34(30(42)18-23)48-38-26-7-5-4-6-21(26)16-28(38)36(46-48)32(44)8-2-1-3-9-33(45)37-29-17-22-10-13-25(53(50,51)52)20-27(22)39(29)49(47-37)35-15-12-24(41)19-31(35)43/h4-15,18-20H,1-3,16-17H2,(H,50,51,52)/b32-8-,33-9-. The van der Waals surface area contributed by atoms with Gasteiger partial charge in [0.25, 0.3) is 10.1 Å². The first-order chi connectivity index (χ1) is 25.4. The van der Waals surface area contributed by atoms with E-state index in [4.69, 9.17) is 46.4 Å². The molecule has 0 aliphatic heterocycles. The van der Waals surface area contributed by atoms with Crippen LogP contribution in [0.25, 0.3) is 45.5 Å². The first kappa shape index (κ1) is 35.7. The van der Waals surface area contributed by atoms with Gasteiger partial charge in [-0.25, -0.2) is 18.1 Å². The summed E-state index contributed by atoms with van der Waals surface area (Å²) in [6, 6.07) is 21.9. The molecule has 0 atom stereocenters. The Bertz CT molecular complexity index is 2670. The summed E-state index contributed by atoms with van der Waals surface area (Å²) in [6.45, 7) is 0. The van der Waals surface area contributed by atoms with Gasteiger partial charge in [-0.3, -0.25) is 4.55 Å². The highest BCUT2D eigenvalue weighted by molar-refractivity contribution is 7.85. The molecule has 2 heterocycles. The SMILES string of the molecule is O=S(=O)(O)c1ccc2c(c1)-c1c(c(/C(F)=C/CCC/C=C(\F)c3nn(-c4ccc(Cl)cc4Cl)c4c3Cc3ccccc3-4)nn1-c1ccc(Cl)cc1Cl)C2. The zero-order valence-corrected chi connectivity index (χ0v) is 31.3. The number of halogens is 6. The number of fused-ring (bicyclic) bond motifs is 6. The highest BCUT2D eigenvalue weighted by Gasteiger charge is 2.32. The van der Waals surface area contributed by atoms with E-state index in [9.17, 15) is 13.0 Å². The monoisotopic (exact) mass is 808 g/mol. The molecule has 0 spiro atoms. The maximum Gasteiger partial charge on any atom is 0.294 e. The second kappa shape index (κ2) is 13.8. The number of hydrogen-bond acceptors (Lipinski definition) is 4. The van der Waals surface area contributed by atoms with Gasteiger partial charge in [-0.05, 0) is 91.1 Å². The number of unbranched alkanes of at least 4 members (excludes halogenated alkanes) is 2. The molecule has 1 N–H and O–H groups in total. The number of benzene rings is 4. The Morgan fingerprint density at radius 1 is 0.698 bits per heavy atom. The molecule has 2 aromatic heterocycles. The van der Waals surface area contributed by atoms with Gasteiger partial charge < -0.3 is 0 Å². The van der Waals surface area contributed by atoms with E-state index in [-0.39, 0.29) is 34.1 Å². The lowest BCUT2D eigenvalue weighted by atomic mass is 10.1. The Kier molecular flexibility index (Phi) is 9.33. The predicted octanol–water partition coefficient (Wildman–Crippen LogP) is 11.6. The molecule has 14 heteroatoms. The van der Waals surface area contributed by atoms with Crippen molar-refractivity contribution in [3.8, 4) is 33.9 Å². The highest BCUT2D eigenvalue weighted by atomic mass is 35.5. The van der Waals surface area contributed by atoms with Crippen molar-refractivity contribution < 1.29 is 21.8 Å². The summed E-state index contributed by atoms with van der Waals surface area (Å²) in [7, 11) is -4.50. The van der Waals surface area contributed by atoms with Crippen molar-refractivity contribution in [1.29, 1.82) is 0 Å². The van der Waals surface area contributed by atoms with Gasteiger partial charge in [-0.1, -0.05) is 76.7 Å². The summed E-state index contributed by atoms with van der Waals surface area (Å²) in [4.78, 5) is -0.299. The maximum absolute atomic E-state index is 16.0. The molecule has 0 saturated heterocycles. The fourth-order valence-electron chi connectivity index (χ4n) is 6.97. The number of rotatable bonds is 9. The van der Waals surface area contributed by atoms with E-state index in [1.54, 1.807) is 41.1 Å². The number of allylic oxidation sites excluding steroid dienone is 2. The van der Waals surface area contributed by atoms with E-state index in [1.165, 1.54) is 35.0 Å². The van der Waals surface area contributed by atoms with Crippen molar-refractivity contribution in [2.45, 2.75) is 37.0 Å². The number of hydrogen-bond donors (Lipinski definition) is 1. The molecule has 0 bridgehead atoms. The van der Waals surface area contributed by atoms with Crippen LogP contribution in [0.1, 0.15) is 52.9 Å². The van der Waals surface area contributed by atoms with E-state index < -0.39 is 21.8 Å². The zero-order chi connectivity index (χ0) is 37.2. The fourth-order valence-corrected chi connectivity index (χ4v) is 8.46. The molecule has 0 saturated carbocycles. The van der Waals surface area contributed by atoms with Crippen LogP contribution in [0.2, 0.25) is 20.1 Å². The lowest BCUT2D eigenvalue weighted by Gasteiger charge is -2.10. The largest absolute Gasteiger partial charge is 0.294 e. The molecule has 2 aliphatic rings. The third-order valence-corrected chi connectivity index (χ3v) is 11.3. The molecule has 4 aromatic carbocycles. The van der Waals surface area contributed by atoms with Gasteiger partial charge in [0.15, 0.2) is 0 Å². The van der Waals surface area contributed by atoms with Crippen LogP contribution in [0.5, 0.6) is 0 Å². The third kappa shape index (κ3) is 6.51. The normalized spacial score (nSPS) is 13.6. The van der Waals surface area contributed by atoms with Crippen LogP contribution in [-0.4, -0.2) is 32.5 Å². The molecule has 53 heavy (non-hydrogen) atoms. The average molecular weight is 811 g/mol. The highest BCUT2D eigenvalue weighted by Crippen LogP contribution is 2.45. The van der Waals surface area contributed by atoms with Crippen molar-refractivity contribution in [1.82, 2.24) is 19.6 Å². The quantitative estimate of drug-likeness (QED) is 0.116. The Hall–Kier alpha value is -4.29. The Morgan fingerprint density at radius 3 is 1.74 bits per heavy atom. The minimum atomic E-state index is -4.50. The van der Waals surface area contributed by atoms with E-state index in [0.29, 0.717) is 62.5 Å². The Balaban J connectivity index is 1.06. The topological polar surface area (TPSA) is 90.0 Å². The second-order valence-corrected chi connectivity index (χ2v) is 15.8. The first-order valence-corrected chi connectivity index (χ1v) is 19.4. The average Bonchev–Trinajstić information content (AvgIpc) is 3.86. The van der Waals surface area contributed by atoms with E-state index >= 15 is 8.78 Å². The zero-order valence-electron chi connectivity index (χ0n) is 27.4. The van der Waals surface area contributed by atoms with Crippen LogP contribution in [0.15, 0.2) is 95.9 Å². The van der Waals surface area contributed by atoms with E-state index in [2.05, 4.69) is 10.2 Å². The number of aromatic nitrogens is 4. The van der Waals surface area contributed by atoms with Crippen molar-refractivity contribution >= 4 is 68.2 Å². The molecule has 268 valence electrons. The van der Waals surface area contributed by atoms with Crippen molar-refractivity contribution in [3.63, 3.8) is 0 Å². The first-order valence-electron chi connectivity index (χ1n) is 16.4. The van der Waals surface area contributed by atoms with Crippen LogP contribution in [0, 0.1) is 0 Å². The maximum atomic E-state index is 16.0. The molecule has 7 nitrogen and oxygen atoms in total. The lowest BCUT2D eigenvalue weighted by Crippen LogP contribution is -2.02. The molecule has 0 radical (unpaired) electrons. The lowest BCUT2D eigenvalue weighted by molar-refractivity contribution is 0.483. The molecule has 0 unspecified atom stereocenters. The van der Waals surface area contributed by atoms with Gasteiger partial charge in [0.05, 0.1) is 37.7 Å². The van der Waals surface area contributed by atoms with Crippen LogP contribution >= 0.6 is 46.4 Å². The number of nitrogens with zero attached hydrogens (tertiary/aromatic N) is 4. The van der Waals surface area contributed by atoms with Gasteiger partial charge >= 0.3 is 0 Å². The molecule has 6 aromatic rings. The Morgan fingerprint density at radius 2 is 1.21 bits per heavy atom. The molecule has 0 fully saturated rings. The summed E-state index contributed by atoms with van der Waals surface area (Å²) in [6.07, 6.45) is 4.66. The smallest absolute Gasteiger partial charge is 0.282 e. The summed E-state index contributed by atoms with van der Waals surface area (Å²) in [5.41, 5.74) is 7.02. The van der Waals surface area contributed by atoms with Crippen molar-refractivity contribution in [2.24, 2.45) is 0 Å². The summed E-state index contributed by atoms with van der Waals surface area (Å²) >= 11 is 25.4. The summed E-state index contributed by atoms with van der Waals surface area (Å²) in [5, 5.41) is 10.7. The van der Waals surface area contributed by atoms with Crippen molar-refractivity contribution in [2.75, 3.05) is 0 Å². The van der Waals surface area contributed by atoms with Gasteiger partial charge in [-0.15, -0.1) is 0 Å². The minimum absolute atomic E-state index is 0.0684. The second-order valence-electron chi connectivity index (χ2n) is 12.7. The summed E-state index contributed by atoms with van der Waals surface area (Å²) in [5.74, 6) is -1.08. The molecular weight excluding hydrogens is 784 g/mol. The van der Waals surface area contributed by atoms with Gasteiger partial charge in [-0.2, -0.15) is 18.6 Å². The fraction of sp³-hybridized carbons (Fsp3) is 0.128. The molecular formula is C39H26Cl4F2N4O3S. The van der Waals surface area contributed by atoms with Gasteiger partial charge in [0.1, 0.15) is 23.0 Å². The van der Waals surface area contributed by atoms with Crippen LogP contribution < -0.4 is 0 Å². The van der Waals surface area contributed by atoms with E-state index in [0.717, 1.165) is 27.9 Å².